The lowest BCUT2D eigenvalue weighted by Gasteiger charge is -2.32. The Labute approximate surface area is 235 Å². The van der Waals surface area contributed by atoms with E-state index in [1.54, 1.807) is 37.3 Å². The summed E-state index contributed by atoms with van der Waals surface area (Å²) in [5, 5.41) is 3.11. The summed E-state index contributed by atoms with van der Waals surface area (Å²) in [6.45, 7) is 3.71. The highest BCUT2D eigenvalue weighted by Crippen LogP contribution is 2.35. The maximum Gasteiger partial charge on any atom is 0.264 e. The number of hydrogen-bond acceptors (Lipinski definition) is 5. The molecule has 2 amide bonds. The van der Waals surface area contributed by atoms with Crippen molar-refractivity contribution in [1.82, 2.24) is 10.2 Å². The maximum atomic E-state index is 13.9. The number of sulfonamides is 1. The van der Waals surface area contributed by atoms with E-state index in [2.05, 4.69) is 5.32 Å². The molecule has 0 aromatic heterocycles. The molecule has 0 saturated carbocycles. The fraction of sp³-hybridized carbons (Fsp3) is 0.310. The van der Waals surface area contributed by atoms with Crippen LogP contribution in [0, 0.1) is 0 Å². The number of amides is 2. The van der Waals surface area contributed by atoms with Crippen LogP contribution in [0.2, 0.25) is 5.02 Å². The van der Waals surface area contributed by atoms with Crippen LogP contribution in [-0.4, -0.2) is 57.9 Å². The maximum absolute atomic E-state index is 13.9. The van der Waals surface area contributed by atoms with Crippen molar-refractivity contribution in [2.24, 2.45) is 0 Å². The average molecular weight is 572 g/mol. The highest BCUT2D eigenvalue weighted by molar-refractivity contribution is 7.92. The molecule has 8 nitrogen and oxygen atoms in total. The first-order valence-electron chi connectivity index (χ1n) is 12.7. The Morgan fingerprint density at radius 3 is 2.26 bits per heavy atom. The summed E-state index contributed by atoms with van der Waals surface area (Å²) in [4.78, 5) is 28.2. The van der Waals surface area contributed by atoms with E-state index in [9.17, 15) is 18.0 Å². The van der Waals surface area contributed by atoms with Gasteiger partial charge in [-0.05, 0) is 55.7 Å². The van der Waals surface area contributed by atoms with Gasteiger partial charge in [0.05, 0.1) is 17.7 Å². The molecule has 1 atom stereocenters. The van der Waals surface area contributed by atoms with Crippen LogP contribution in [0.15, 0.2) is 83.8 Å². The molecule has 0 aliphatic heterocycles. The van der Waals surface area contributed by atoms with E-state index < -0.39 is 28.5 Å². The van der Waals surface area contributed by atoms with Crippen LogP contribution in [0.3, 0.4) is 0 Å². The van der Waals surface area contributed by atoms with Crippen molar-refractivity contribution in [2.75, 3.05) is 31.0 Å². The summed E-state index contributed by atoms with van der Waals surface area (Å²) < 4.78 is 34.2. The van der Waals surface area contributed by atoms with E-state index >= 15 is 0 Å². The first kappa shape index (κ1) is 30.0. The monoisotopic (exact) mass is 571 g/mol. The summed E-state index contributed by atoms with van der Waals surface area (Å²) in [6.07, 6.45) is 1.23. The quantitative estimate of drug-likeness (QED) is 0.325. The molecule has 208 valence electrons. The van der Waals surface area contributed by atoms with Crippen molar-refractivity contribution in [1.29, 1.82) is 0 Å². The number of nitrogens with one attached hydrogen (secondary N) is 1. The van der Waals surface area contributed by atoms with Gasteiger partial charge in [0, 0.05) is 18.1 Å². The number of benzene rings is 3. The third kappa shape index (κ3) is 7.74. The van der Waals surface area contributed by atoms with Crippen LogP contribution in [0.5, 0.6) is 5.75 Å². The Morgan fingerprint density at radius 2 is 1.64 bits per heavy atom. The van der Waals surface area contributed by atoms with Crippen LogP contribution in [0.25, 0.3) is 0 Å². The number of methoxy groups -OCH3 is 1. The number of hydrogen-bond donors (Lipinski definition) is 1. The molecular weight excluding hydrogens is 538 g/mol. The van der Waals surface area contributed by atoms with Gasteiger partial charge in [-0.1, -0.05) is 67.1 Å². The average Bonchev–Trinajstić information content (AvgIpc) is 2.95. The van der Waals surface area contributed by atoms with Gasteiger partial charge >= 0.3 is 0 Å². The Hall–Kier alpha value is -3.56. The van der Waals surface area contributed by atoms with Gasteiger partial charge in [0.25, 0.3) is 10.0 Å². The molecule has 39 heavy (non-hydrogen) atoms. The molecule has 0 heterocycles. The van der Waals surface area contributed by atoms with E-state index in [1.165, 1.54) is 30.2 Å². The third-order valence-electron chi connectivity index (χ3n) is 6.22. The summed E-state index contributed by atoms with van der Waals surface area (Å²) in [6, 6.07) is 21.1. The molecule has 3 rings (SSSR count). The van der Waals surface area contributed by atoms with Gasteiger partial charge in [-0.3, -0.25) is 13.9 Å². The van der Waals surface area contributed by atoms with E-state index in [-0.39, 0.29) is 33.8 Å². The highest BCUT2D eigenvalue weighted by atomic mass is 35.5. The Bertz CT molecular complexity index is 1350. The van der Waals surface area contributed by atoms with Crippen molar-refractivity contribution < 1.29 is 22.7 Å². The smallest absolute Gasteiger partial charge is 0.264 e. The van der Waals surface area contributed by atoms with Crippen LogP contribution in [0.4, 0.5) is 5.69 Å². The number of carbonyl (C=O) groups excluding carboxylic acids is 2. The molecule has 0 bridgehead atoms. The van der Waals surface area contributed by atoms with Gasteiger partial charge in [-0.25, -0.2) is 8.42 Å². The number of carbonyl (C=O) groups is 2. The SMILES string of the molecule is CCCNC(=O)[C@H](C)N(CCc1ccccc1)C(=O)CN(c1cc(Cl)ccc1OC)S(=O)(=O)c1ccccc1. The number of rotatable bonds is 13. The molecule has 10 heteroatoms. The first-order chi connectivity index (χ1) is 18.7. The lowest BCUT2D eigenvalue weighted by atomic mass is 10.1. The second-order valence-corrected chi connectivity index (χ2v) is 11.2. The topological polar surface area (TPSA) is 96.0 Å². The van der Waals surface area contributed by atoms with Gasteiger partial charge in [-0.15, -0.1) is 0 Å². The molecule has 0 aliphatic carbocycles. The Kier molecular flexibility index (Phi) is 10.8. The van der Waals surface area contributed by atoms with Gasteiger partial charge in [0.2, 0.25) is 11.8 Å². The lowest BCUT2D eigenvalue weighted by molar-refractivity contribution is -0.138. The third-order valence-corrected chi connectivity index (χ3v) is 8.23. The summed E-state index contributed by atoms with van der Waals surface area (Å²) in [5.74, 6) is -0.612. The number of nitrogens with zero attached hydrogens (tertiary/aromatic N) is 2. The van der Waals surface area contributed by atoms with Crippen LogP contribution >= 0.6 is 11.6 Å². The standard InChI is InChI=1S/C29H34ClN3O5S/c1-4-18-31-29(35)22(2)32(19-17-23-11-7-5-8-12-23)28(34)21-33(26-20-24(30)15-16-27(26)38-3)39(36,37)25-13-9-6-10-14-25/h5-16,20,22H,4,17-19,21H2,1-3H3,(H,31,35)/t22-/m0/s1. The van der Waals surface area contributed by atoms with Gasteiger partial charge in [0.1, 0.15) is 18.3 Å². The second kappa shape index (κ2) is 14.0. The van der Waals surface area contributed by atoms with Crippen molar-refractivity contribution in [3.63, 3.8) is 0 Å². The largest absolute Gasteiger partial charge is 0.495 e. The van der Waals surface area contributed by atoms with E-state index in [4.69, 9.17) is 16.3 Å². The molecule has 1 N–H and O–H groups in total. The predicted molar refractivity (Wildman–Crippen MR) is 154 cm³/mol. The Balaban J connectivity index is 2.02. The second-order valence-electron chi connectivity index (χ2n) is 8.93. The molecular formula is C29H34ClN3O5S. The van der Waals surface area contributed by atoms with Gasteiger partial charge in [0.15, 0.2) is 0 Å². The van der Waals surface area contributed by atoms with E-state index in [1.807, 2.05) is 37.3 Å². The van der Waals surface area contributed by atoms with Crippen molar-refractivity contribution >= 4 is 39.1 Å². The number of ether oxygens (including phenoxy) is 1. The zero-order valence-corrected chi connectivity index (χ0v) is 23.9. The molecule has 3 aromatic carbocycles. The minimum atomic E-state index is -4.21. The lowest BCUT2D eigenvalue weighted by Crippen LogP contribution is -2.52. The molecule has 0 fully saturated rings. The van der Waals surface area contributed by atoms with Crippen LogP contribution < -0.4 is 14.4 Å². The summed E-state index contributed by atoms with van der Waals surface area (Å²) in [5.41, 5.74) is 1.11. The zero-order chi connectivity index (χ0) is 28.4. The predicted octanol–water partition coefficient (Wildman–Crippen LogP) is 4.53. The highest BCUT2D eigenvalue weighted by Gasteiger charge is 2.33. The number of halogens is 1. The fourth-order valence-corrected chi connectivity index (χ4v) is 5.66. The minimum Gasteiger partial charge on any atom is -0.495 e. The van der Waals surface area contributed by atoms with E-state index in [0.29, 0.717) is 13.0 Å². The molecule has 0 unspecified atom stereocenters. The van der Waals surface area contributed by atoms with Gasteiger partial charge in [-0.2, -0.15) is 0 Å². The zero-order valence-electron chi connectivity index (χ0n) is 22.3. The van der Waals surface area contributed by atoms with E-state index in [0.717, 1.165) is 16.3 Å². The fourth-order valence-electron chi connectivity index (χ4n) is 4.06. The van der Waals surface area contributed by atoms with Crippen molar-refractivity contribution in [2.45, 2.75) is 37.6 Å². The summed E-state index contributed by atoms with van der Waals surface area (Å²) >= 11 is 6.25. The number of anilines is 1. The minimum absolute atomic E-state index is 0.00408. The molecule has 0 saturated heterocycles. The van der Waals surface area contributed by atoms with Crippen LogP contribution in [-0.2, 0) is 26.0 Å². The normalized spacial score (nSPS) is 11.9. The Morgan fingerprint density at radius 1 is 1.00 bits per heavy atom. The molecule has 0 spiro atoms. The van der Waals surface area contributed by atoms with Gasteiger partial charge < -0.3 is 15.0 Å². The van der Waals surface area contributed by atoms with Crippen LogP contribution in [0.1, 0.15) is 25.8 Å². The summed E-state index contributed by atoms with van der Waals surface area (Å²) in [7, 11) is -2.80. The molecule has 3 aromatic rings. The molecule has 0 aliphatic rings. The van der Waals surface area contributed by atoms with Crippen molar-refractivity contribution in [3.05, 3.63) is 89.4 Å². The first-order valence-corrected chi connectivity index (χ1v) is 14.5. The molecule has 0 radical (unpaired) electrons. The van der Waals surface area contributed by atoms with Crippen molar-refractivity contribution in [3.8, 4) is 5.75 Å².